The van der Waals surface area contributed by atoms with E-state index in [-0.39, 0.29) is 11.5 Å². The molecule has 0 aromatic carbocycles. The highest BCUT2D eigenvalue weighted by atomic mass is 16.6. The van der Waals surface area contributed by atoms with E-state index in [0.717, 1.165) is 0 Å². The van der Waals surface area contributed by atoms with Gasteiger partial charge in [-0.25, -0.2) is 9.78 Å². The lowest BCUT2D eigenvalue weighted by atomic mass is 10.4. The van der Waals surface area contributed by atoms with Crippen molar-refractivity contribution >= 4 is 23.4 Å². The van der Waals surface area contributed by atoms with Crippen molar-refractivity contribution in [3.63, 3.8) is 0 Å². The van der Waals surface area contributed by atoms with Crippen LogP contribution in [0.25, 0.3) is 0 Å². The summed E-state index contributed by atoms with van der Waals surface area (Å²) < 4.78 is 0. The van der Waals surface area contributed by atoms with Gasteiger partial charge in [0.2, 0.25) is 11.7 Å². The maximum absolute atomic E-state index is 11.1. The lowest BCUT2D eigenvalue weighted by molar-refractivity contribution is -0.384. The van der Waals surface area contributed by atoms with Crippen LogP contribution in [0.1, 0.15) is 0 Å². The summed E-state index contributed by atoms with van der Waals surface area (Å²) in [7, 11) is 0. The average Bonchev–Trinajstić information content (AvgIpc) is 2.16. The first-order valence-electron chi connectivity index (χ1n) is 4.04. The number of hydrogen-bond donors (Lipinski definition) is 2. The molecule has 8 nitrogen and oxygen atoms in total. The molecule has 0 bridgehead atoms. The second kappa shape index (κ2) is 4.82. The van der Waals surface area contributed by atoms with Gasteiger partial charge in [0, 0.05) is 19.2 Å². The number of nitrogens with one attached hydrogen (secondary N) is 2. The van der Waals surface area contributed by atoms with E-state index in [9.17, 15) is 19.7 Å². The molecule has 1 heterocycles. The number of urea groups is 1. The first-order chi connectivity index (χ1) is 7.50. The fraction of sp³-hybridized carbons (Fsp3) is 0. The molecule has 0 atom stereocenters. The van der Waals surface area contributed by atoms with Crippen molar-refractivity contribution in [1.82, 2.24) is 10.3 Å². The summed E-state index contributed by atoms with van der Waals surface area (Å²) in [5.41, 5.74) is -0.367. The predicted molar refractivity (Wildman–Crippen MR) is 53.4 cm³/mol. The van der Waals surface area contributed by atoms with Crippen molar-refractivity contribution in [3.05, 3.63) is 35.4 Å². The molecule has 16 heavy (non-hydrogen) atoms. The molecule has 2 N–H and O–H groups in total. The molecular formula is C8H7N4O4. The zero-order valence-electron chi connectivity index (χ0n) is 7.97. The minimum absolute atomic E-state index is 0.244. The van der Waals surface area contributed by atoms with Crippen molar-refractivity contribution < 1.29 is 14.5 Å². The molecule has 83 valence electrons. The van der Waals surface area contributed by atoms with E-state index in [0.29, 0.717) is 0 Å². The Morgan fingerprint density at radius 2 is 2.19 bits per heavy atom. The summed E-state index contributed by atoms with van der Waals surface area (Å²) in [6.07, 6.45) is 1.27. The standard InChI is InChI=1S/C8H7N4O4/c1-5(13)10-8(14)11-7-6(12(15)16)3-2-4-9-7/h2-4H,1H2,(H2,9,10,11,13,14). The van der Waals surface area contributed by atoms with Crippen LogP contribution in [-0.2, 0) is 4.79 Å². The second-order valence-electron chi connectivity index (χ2n) is 2.63. The van der Waals surface area contributed by atoms with E-state index in [4.69, 9.17) is 0 Å². The number of aromatic nitrogens is 1. The van der Waals surface area contributed by atoms with Gasteiger partial charge in [-0.2, -0.15) is 0 Å². The van der Waals surface area contributed by atoms with Gasteiger partial charge >= 0.3 is 11.7 Å². The number of nitro groups is 1. The van der Waals surface area contributed by atoms with Gasteiger partial charge in [0.1, 0.15) is 0 Å². The number of rotatable bonds is 2. The van der Waals surface area contributed by atoms with Crippen LogP contribution in [0.4, 0.5) is 16.3 Å². The molecule has 0 spiro atoms. The van der Waals surface area contributed by atoms with Crippen LogP contribution in [0.2, 0.25) is 0 Å². The number of anilines is 1. The Balaban J connectivity index is 2.84. The first-order valence-corrected chi connectivity index (χ1v) is 4.04. The summed E-state index contributed by atoms with van der Waals surface area (Å²) in [5.74, 6) is -1.07. The van der Waals surface area contributed by atoms with Gasteiger partial charge in [0.05, 0.1) is 4.92 Å². The Hall–Kier alpha value is -2.51. The predicted octanol–water partition coefficient (Wildman–Crippen LogP) is 0.472. The lowest BCUT2D eigenvalue weighted by Gasteiger charge is -2.03. The third-order valence-electron chi connectivity index (χ3n) is 1.47. The lowest BCUT2D eigenvalue weighted by Crippen LogP contribution is -2.33. The number of pyridine rings is 1. The maximum atomic E-state index is 11.1. The number of carbonyl (C=O) groups is 2. The molecule has 8 heteroatoms. The minimum atomic E-state index is -0.929. The van der Waals surface area contributed by atoms with Crippen LogP contribution < -0.4 is 10.6 Å². The number of nitrogens with zero attached hydrogens (tertiary/aromatic N) is 2. The van der Waals surface area contributed by atoms with E-state index in [1.807, 2.05) is 0 Å². The molecule has 0 unspecified atom stereocenters. The molecule has 0 saturated carbocycles. The van der Waals surface area contributed by atoms with Gasteiger partial charge in [-0.3, -0.25) is 25.5 Å². The van der Waals surface area contributed by atoms with E-state index in [1.165, 1.54) is 18.3 Å². The second-order valence-corrected chi connectivity index (χ2v) is 2.63. The van der Waals surface area contributed by atoms with E-state index in [2.05, 4.69) is 17.2 Å². The quantitative estimate of drug-likeness (QED) is 0.558. The topological polar surface area (TPSA) is 114 Å². The third kappa shape index (κ3) is 3.01. The molecule has 1 radical (unpaired) electrons. The van der Waals surface area contributed by atoms with Crippen LogP contribution in [0.3, 0.4) is 0 Å². The third-order valence-corrected chi connectivity index (χ3v) is 1.47. The van der Waals surface area contributed by atoms with Crippen molar-refractivity contribution in [3.8, 4) is 0 Å². The van der Waals surface area contributed by atoms with Gasteiger partial charge in [0.25, 0.3) is 0 Å². The molecule has 0 saturated heterocycles. The first kappa shape index (κ1) is 11.6. The molecule has 3 amide bonds. The minimum Gasteiger partial charge on any atom is -0.286 e. The molecule has 0 aliphatic carbocycles. The highest BCUT2D eigenvalue weighted by molar-refractivity contribution is 6.02. The molecular weight excluding hydrogens is 216 g/mol. The normalized spacial score (nSPS) is 9.31. The van der Waals surface area contributed by atoms with E-state index < -0.39 is 16.9 Å². The van der Waals surface area contributed by atoms with Gasteiger partial charge in [-0.15, -0.1) is 0 Å². The number of hydrogen-bond acceptors (Lipinski definition) is 5. The SMILES string of the molecule is [CH2]C(=O)NC(=O)Nc1ncccc1[N+](=O)[O-]. The molecule has 0 aliphatic heterocycles. The zero-order valence-corrected chi connectivity index (χ0v) is 7.97. The van der Waals surface area contributed by atoms with Crippen LogP contribution in [0.15, 0.2) is 18.3 Å². The van der Waals surface area contributed by atoms with Gasteiger partial charge in [0.15, 0.2) is 0 Å². The summed E-state index contributed by atoms with van der Waals surface area (Å²) in [5, 5.41) is 14.4. The number of carbonyl (C=O) groups excluding carboxylic acids is 2. The van der Waals surface area contributed by atoms with Crippen molar-refractivity contribution in [2.75, 3.05) is 5.32 Å². The van der Waals surface area contributed by atoms with Crippen molar-refractivity contribution in [2.45, 2.75) is 0 Å². The number of imide groups is 1. The zero-order chi connectivity index (χ0) is 12.1. The Labute approximate surface area is 89.8 Å². The van der Waals surface area contributed by atoms with Crippen LogP contribution in [-0.4, -0.2) is 21.8 Å². The fourth-order valence-electron chi connectivity index (χ4n) is 0.906. The molecule has 1 aromatic heterocycles. The Bertz CT molecular complexity index is 445. The largest absolute Gasteiger partial charge is 0.327 e. The Kier molecular flexibility index (Phi) is 3.49. The van der Waals surface area contributed by atoms with Crippen molar-refractivity contribution in [1.29, 1.82) is 0 Å². The molecule has 1 rings (SSSR count). The molecule has 0 fully saturated rings. The monoisotopic (exact) mass is 223 g/mol. The Morgan fingerprint density at radius 3 is 2.75 bits per heavy atom. The summed E-state index contributed by atoms with van der Waals surface area (Å²) in [4.78, 5) is 34.9. The maximum Gasteiger partial charge on any atom is 0.327 e. The summed E-state index contributed by atoms with van der Waals surface area (Å²) >= 11 is 0. The van der Waals surface area contributed by atoms with Gasteiger partial charge in [-0.05, 0) is 6.07 Å². The van der Waals surface area contributed by atoms with E-state index >= 15 is 0 Å². The highest BCUT2D eigenvalue weighted by Crippen LogP contribution is 2.19. The fourth-order valence-corrected chi connectivity index (χ4v) is 0.906. The number of amides is 3. The van der Waals surface area contributed by atoms with Crippen LogP contribution >= 0.6 is 0 Å². The smallest absolute Gasteiger partial charge is 0.286 e. The Morgan fingerprint density at radius 1 is 1.50 bits per heavy atom. The highest BCUT2D eigenvalue weighted by Gasteiger charge is 2.16. The molecule has 1 aromatic rings. The van der Waals surface area contributed by atoms with Gasteiger partial charge in [-0.1, -0.05) is 0 Å². The average molecular weight is 223 g/mol. The van der Waals surface area contributed by atoms with Crippen LogP contribution in [0, 0.1) is 17.0 Å². The summed E-state index contributed by atoms with van der Waals surface area (Å²) in [6, 6.07) is 1.60. The summed E-state index contributed by atoms with van der Waals surface area (Å²) in [6.45, 7) is 2.91. The van der Waals surface area contributed by atoms with E-state index in [1.54, 1.807) is 5.32 Å². The van der Waals surface area contributed by atoms with Gasteiger partial charge < -0.3 is 0 Å². The van der Waals surface area contributed by atoms with Crippen LogP contribution in [0.5, 0.6) is 0 Å². The molecule has 0 aliphatic rings. The van der Waals surface area contributed by atoms with Crippen molar-refractivity contribution in [2.24, 2.45) is 0 Å².